The lowest BCUT2D eigenvalue weighted by Crippen LogP contribution is -2.39. The lowest BCUT2D eigenvalue weighted by atomic mass is 10.4. The minimum atomic E-state index is -3.11. The van der Waals surface area contributed by atoms with E-state index in [1.165, 1.54) is 0 Å². The maximum absolute atomic E-state index is 12.3. The molecule has 0 aliphatic heterocycles. The molecule has 1 N–H and O–H groups in total. The Morgan fingerprint density at radius 2 is 1.74 bits per heavy atom. The fourth-order valence-corrected chi connectivity index (χ4v) is 3.31. The average molecular weight is 293 g/mol. The minimum Gasteiger partial charge on any atom is -0.314 e. The number of rotatable bonds is 11. The van der Waals surface area contributed by atoms with E-state index in [1.807, 2.05) is 25.9 Å². The van der Waals surface area contributed by atoms with Crippen LogP contribution in [0, 0.1) is 0 Å². The summed E-state index contributed by atoms with van der Waals surface area (Å²) in [5.41, 5.74) is 0. The molecule has 0 unspecified atom stereocenters. The van der Waals surface area contributed by atoms with Crippen LogP contribution >= 0.6 is 0 Å². The van der Waals surface area contributed by atoms with Crippen molar-refractivity contribution in [1.82, 2.24) is 14.5 Å². The Morgan fingerprint density at radius 1 is 1.11 bits per heavy atom. The van der Waals surface area contributed by atoms with E-state index in [4.69, 9.17) is 0 Å². The molecule has 0 saturated heterocycles. The van der Waals surface area contributed by atoms with Crippen molar-refractivity contribution in [3.8, 4) is 0 Å². The molecule has 0 heterocycles. The maximum atomic E-state index is 12.3. The van der Waals surface area contributed by atoms with Gasteiger partial charge < -0.3 is 10.2 Å². The summed E-state index contributed by atoms with van der Waals surface area (Å²) in [5.74, 6) is 0.236. The average Bonchev–Trinajstić information content (AvgIpc) is 2.29. The highest BCUT2D eigenvalue weighted by Crippen LogP contribution is 2.05. The van der Waals surface area contributed by atoms with Crippen LogP contribution in [0.5, 0.6) is 0 Å². The van der Waals surface area contributed by atoms with Gasteiger partial charge in [0.1, 0.15) is 0 Å². The normalized spacial score (nSPS) is 12.8. The quantitative estimate of drug-likeness (QED) is 0.577. The van der Waals surface area contributed by atoms with Crippen molar-refractivity contribution in [2.24, 2.45) is 0 Å². The third-order valence-corrected chi connectivity index (χ3v) is 4.75. The monoisotopic (exact) mass is 293 g/mol. The second kappa shape index (κ2) is 9.69. The molecule has 19 heavy (non-hydrogen) atoms. The molecule has 0 fully saturated rings. The Bertz CT molecular complexity index is 316. The molecule has 116 valence electrons. The summed E-state index contributed by atoms with van der Waals surface area (Å²) in [6.07, 6.45) is 1.53. The van der Waals surface area contributed by atoms with Crippen LogP contribution in [0.4, 0.5) is 0 Å². The summed E-state index contributed by atoms with van der Waals surface area (Å²) < 4.78 is 26.1. The fourth-order valence-electron chi connectivity index (χ4n) is 1.73. The number of likely N-dealkylation sites (N-methyl/N-ethyl adjacent to an activating group) is 1. The predicted octanol–water partition coefficient (Wildman–Crippen LogP) is 0.978. The zero-order valence-corrected chi connectivity index (χ0v) is 14.0. The Kier molecular flexibility index (Phi) is 9.60. The SMILES string of the molecule is CCCN(CCN(C)C)S(=O)(=O)CCCNC(C)C. The predicted molar refractivity (Wildman–Crippen MR) is 82.0 cm³/mol. The van der Waals surface area contributed by atoms with Gasteiger partial charge in [-0.05, 0) is 33.5 Å². The van der Waals surface area contributed by atoms with Crippen molar-refractivity contribution in [3.05, 3.63) is 0 Å². The van der Waals surface area contributed by atoms with Gasteiger partial charge in [-0.3, -0.25) is 0 Å². The van der Waals surface area contributed by atoms with Gasteiger partial charge in [0.05, 0.1) is 5.75 Å². The molecule has 0 aliphatic rings. The van der Waals surface area contributed by atoms with E-state index < -0.39 is 10.0 Å². The smallest absolute Gasteiger partial charge is 0.214 e. The molecule has 0 saturated carbocycles. The van der Waals surface area contributed by atoms with Crippen LogP contribution in [0.15, 0.2) is 0 Å². The summed E-state index contributed by atoms with van der Waals surface area (Å²) in [6.45, 7) is 8.87. The van der Waals surface area contributed by atoms with Gasteiger partial charge in [0.15, 0.2) is 0 Å². The topological polar surface area (TPSA) is 52.7 Å². The Labute approximate surface area is 119 Å². The van der Waals surface area contributed by atoms with Crippen LogP contribution in [-0.4, -0.2) is 69.7 Å². The van der Waals surface area contributed by atoms with E-state index in [0.717, 1.165) is 19.5 Å². The number of hydrogen-bond donors (Lipinski definition) is 1. The number of sulfonamides is 1. The minimum absolute atomic E-state index is 0.236. The highest BCUT2D eigenvalue weighted by Gasteiger charge is 2.20. The van der Waals surface area contributed by atoms with Gasteiger partial charge in [0.2, 0.25) is 10.0 Å². The van der Waals surface area contributed by atoms with E-state index in [-0.39, 0.29) is 5.75 Å². The number of nitrogens with one attached hydrogen (secondary N) is 1. The Balaban J connectivity index is 4.27. The number of hydrogen-bond acceptors (Lipinski definition) is 4. The molecule has 0 spiro atoms. The molecule has 0 aromatic heterocycles. The van der Waals surface area contributed by atoms with Crippen molar-refractivity contribution in [2.45, 2.75) is 39.7 Å². The molecule has 5 nitrogen and oxygen atoms in total. The van der Waals surface area contributed by atoms with Gasteiger partial charge in [0.25, 0.3) is 0 Å². The van der Waals surface area contributed by atoms with Crippen molar-refractivity contribution in [3.63, 3.8) is 0 Å². The third-order valence-electron chi connectivity index (χ3n) is 2.79. The summed E-state index contributed by atoms with van der Waals surface area (Å²) in [6, 6.07) is 0.406. The van der Waals surface area contributed by atoms with Gasteiger partial charge in [-0.25, -0.2) is 12.7 Å². The van der Waals surface area contributed by atoms with E-state index in [9.17, 15) is 8.42 Å². The molecular formula is C13H31N3O2S. The molecule has 6 heteroatoms. The number of nitrogens with zero attached hydrogens (tertiary/aromatic N) is 2. The highest BCUT2D eigenvalue weighted by molar-refractivity contribution is 7.89. The summed E-state index contributed by atoms with van der Waals surface area (Å²) in [7, 11) is 0.812. The van der Waals surface area contributed by atoms with Crippen molar-refractivity contribution in [1.29, 1.82) is 0 Å². The van der Waals surface area contributed by atoms with E-state index in [0.29, 0.717) is 25.6 Å². The molecule has 0 aromatic carbocycles. The van der Waals surface area contributed by atoms with E-state index in [2.05, 4.69) is 19.2 Å². The molecule has 0 aromatic rings. The lowest BCUT2D eigenvalue weighted by Gasteiger charge is -2.23. The van der Waals surface area contributed by atoms with Crippen LogP contribution < -0.4 is 5.32 Å². The summed E-state index contributed by atoms with van der Waals surface area (Å²) >= 11 is 0. The summed E-state index contributed by atoms with van der Waals surface area (Å²) in [4.78, 5) is 2.01. The molecule has 0 bridgehead atoms. The second-order valence-electron chi connectivity index (χ2n) is 5.48. The van der Waals surface area contributed by atoms with Crippen molar-refractivity contribution >= 4 is 10.0 Å². The maximum Gasteiger partial charge on any atom is 0.214 e. The van der Waals surface area contributed by atoms with Gasteiger partial charge in [-0.2, -0.15) is 0 Å². The standard InChI is InChI=1S/C13H31N3O2S/c1-6-9-16(11-10-15(4)5)19(17,18)12-7-8-14-13(2)3/h13-14H,6-12H2,1-5H3. The molecule has 0 aliphatic carbocycles. The Hall–Kier alpha value is -0.170. The zero-order valence-electron chi connectivity index (χ0n) is 13.1. The highest BCUT2D eigenvalue weighted by atomic mass is 32.2. The largest absolute Gasteiger partial charge is 0.314 e. The van der Waals surface area contributed by atoms with E-state index >= 15 is 0 Å². The van der Waals surface area contributed by atoms with Crippen molar-refractivity contribution < 1.29 is 8.42 Å². The third kappa shape index (κ3) is 9.38. The first-order valence-electron chi connectivity index (χ1n) is 7.15. The molecular weight excluding hydrogens is 262 g/mol. The van der Waals surface area contributed by atoms with Gasteiger partial charge in [-0.15, -0.1) is 0 Å². The van der Waals surface area contributed by atoms with Gasteiger partial charge >= 0.3 is 0 Å². The molecule has 0 rings (SSSR count). The van der Waals surface area contributed by atoms with Gasteiger partial charge in [0, 0.05) is 25.7 Å². The van der Waals surface area contributed by atoms with Crippen LogP contribution in [0.3, 0.4) is 0 Å². The molecule has 0 amide bonds. The first-order chi connectivity index (χ1) is 8.79. The second-order valence-corrected chi connectivity index (χ2v) is 7.57. The Morgan fingerprint density at radius 3 is 2.21 bits per heavy atom. The van der Waals surface area contributed by atoms with Crippen LogP contribution in [-0.2, 0) is 10.0 Å². The fraction of sp³-hybridized carbons (Fsp3) is 1.00. The zero-order chi connectivity index (χ0) is 14.9. The van der Waals surface area contributed by atoms with Crippen LogP contribution in [0.1, 0.15) is 33.6 Å². The summed E-state index contributed by atoms with van der Waals surface area (Å²) in [5, 5.41) is 3.25. The van der Waals surface area contributed by atoms with Crippen LogP contribution in [0.2, 0.25) is 0 Å². The molecule has 0 atom stereocenters. The molecule has 0 radical (unpaired) electrons. The first-order valence-corrected chi connectivity index (χ1v) is 8.76. The van der Waals surface area contributed by atoms with E-state index in [1.54, 1.807) is 4.31 Å². The van der Waals surface area contributed by atoms with Crippen LogP contribution in [0.25, 0.3) is 0 Å². The van der Waals surface area contributed by atoms with Crippen molar-refractivity contribution in [2.75, 3.05) is 46.0 Å². The lowest BCUT2D eigenvalue weighted by molar-refractivity contribution is 0.332. The van der Waals surface area contributed by atoms with Gasteiger partial charge in [-0.1, -0.05) is 20.8 Å². The first kappa shape index (κ1) is 18.8.